The van der Waals surface area contributed by atoms with Gasteiger partial charge in [0.2, 0.25) is 0 Å². The summed E-state index contributed by atoms with van der Waals surface area (Å²) in [5.41, 5.74) is 8.93. The van der Waals surface area contributed by atoms with Crippen LogP contribution >= 0.6 is 11.6 Å². The molecule has 9 nitrogen and oxygen atoms in total. The first-order valence-corrected chi connectivity index (χ1v) is 12.3. The molecule has 1 aromatic carbocycles. The lowest BCUT2D eigenvalue weighted by Gasteiger charge is -2.36. The van der Waals surface area contributed by atoms with Crippen molar-refractivity contribution in [1.82, 2.24) is 19.8 Å². The predicted molar refractivity (Wildman–Crippen MR) is 133 cm³/mol. The smallest absolute Gasteiger partial charge is 0.258 e. The molecule has 0 spiro atoms. The van der Waals surface area contributed by atoms with Crippen molar-refractivity contribution in [3.63, 3.8) is 0 Å². The van der Waals surface area contributed by atoms with E-state index in [0.29, 0.717) is 59.4 Å². The second-order valence-corrected chi connectivity index (χ2v) is 9.59. The molecule has 0 bridgehead atoms. The van der Waals surface area contributed by atoms with E-state index in [9.17, 15) is 19.4 Å². The van der Waals surface area contributed by atoms with Crippen LogP contribution in [0.5, 0.6) is 5.75 Å². The highest BCUT2D eigenvalue weighted by atomic mass is 35.5. The highest BCUT2D eigenvalue weighted by Crippen LogP contribution is 2.30. The molecule has 1 aromatic heterocycles. The summed E-state index contributed by atoms with van der Waals surface area (Å²) in [7, 11) is 0. The van der Waals surface area contributed by atoms with Crippen LogP contribution in [0.1, 0.15) is 40.4 Å². The van der Waals surface area contributed by atoms with Gasteiger partial charge in [0.1, 0.15) is 17.7 Å². The van der Waals surface area contributed by atoms with E-state index < -0.39 is 5.82 Å². The van der Waals surface area contributed by atoms with Gasteiger partial charge in [0.15, 0.2) is 5.82 Å². The van der Waals surface area contributed by atoms with Gasteiger partial charge >= 0.3 is 0 Å². The van der Waals surface area contributed by atoms with E-state index in [0.717, 1.165) is 0 Å². The number of halogens is 2. The van der Waals surface area contributed by atoms with Crippen LogP contribution in [0.2, 0.25) is 5.02 Å². The summed E-state index contributed by atoms with van der Waals surface area (Å²) in [6, 6.07) is 3.58. The molecule has 4 rings (SSSR count). The second kappa shape index (κ2) is 11.1. The first-order chi connectivity index (χ1) is 17.2. The summed E-state index contributed by atoms with van der Waals surface area (Å²) in [4.78, 5) is 25.9. The number of hydrogen-bond donors (Lipinski definition) is 3. The fraction of sp³-hybridized carbons (Fsp3) is 0.480. The van der Waals surface area contributed by atoms with Crippen molar-refractivity contribution in [2.75, 3.05) is 39.4 Å². The number of aliphatic hydroxyl groups excluding tert-OH is 2. The first kappa shape index (κ1) is 26.3. The Morgan fingerprint density at radius 3 is 2.44 bits per heavy atom. The predicted octanol–water partition coefficient (Wildman–Crippen LogP) is 1.91. The molecule has 0 saturated carbocycles. The number of ether oxygens (including phenoxy) is 1. The Kier molecular flexibility index (Phi) is 8.09. The van der Waals surface area contributed by atoms with Gasteiger partial charge in [-0.15, -0.1) is 0 Å². The van der Waals surface area contributed by atoms with Crippen molar-refractivity contribution in [1.29, 1.82) is 0 Å². The summed E-state index contributed by atoms with van der Waals surface area (Å²) >= 11 is 6.19. The Labute approximate surface area is 214 Å². The minimum Gasteiger partial charge on any atom is -0.489 e. The van der Waals surface area contributed by atoms with Crippen molar-refractivity contribution in [3.8, 4) is 5.75 Å². The van der Waals surface area contributed by atoms with E-state index in [1.165, 1.54) is 18.2 Å². The van der Waals surface area contributed by atoms with E-state index in [-0.39, 0.29) is 55.7 Å². The molecule has 0 unspecified atom stereocenters. The number of aromatic nitrogens is 2. The molecular formula is C25H31ClFN5O4. The molecule has 2 aliphatic heterocycles. The Morgan fingerprint density at radius 1 is 1.19 bits per heavy atom. The third-order valence-electron chi connectivity index (χ3n) is 6.72. The van der Waals surface area contributed by atoms with E-state index in [1.54, 1.807) is 18.7 Å². The van der Waals surface area contributed by atoms with Gasteiger partial charge in [-0.3, -0.25) is 9.69 Å². The van der Waals surface area contributed by atoms with Gasteiger partial charge in [-0.05, 0) is 38.8 Å². The van der Waals surface area contributed by atoms with Crippen LogP contribution in [-0.4, -0.2) is 87.4 Å². The molecule has 0 aliphatic carbocycles. The van der Waals surface area contributed by atoms with Crippen molar-refractivity contribution in [2.45, 2.75) is 38.8 Å². The van der Waals surface area contributed by atoms with Crippen molar-refractivity contribution < 1.29 is 24.1 Å². The minimum atomic E-state index is -0.500. The number of carbonyl (C=O) groups excluding carboxylic acids is 1. The standard InChI is InChI=1S/C25H31ClFN5O4/c1-14-23(26)15(2)30-24(29-14)20-10-32(11-21(20)28)25(35)19-4-3-16(27)9-22(19)36-18-5-7-31(8-6-18)17(12-33)13-34/h3-4,9,17-18,33-34H,5-8,10-13,28H2,1-2H3. The molecule has 4 N–H and O–H groups in total. The fourth-order valence-corrected chi connectivity index (χ4v) is 4.70. The van der Waals surface area contributed by atoms with Crippen LogP contribution in [0.15, 0.2) is 23.9 Å². The average molecular weight is 520 g/mol. The van der Waals surface area contributed by atoms with Gasteiger partial charge in [-0.25, -0.2) is 14.4 Å². The minimum absolute atomic E-state index is 0.125. The highest BCUT2D eigenvalue weighted by Gasteiger charge is 2.31. The van der Waals surface area contributed by atoms with Crippen molar-refractivity contribution >= 4 is 23.1 Å². The molecule has 1 amide bonds. The molecule has 2 aromatic rings. The van der Waals surface area contributed by atoms with E-state index in [2.05, 4.69) is 9.97 Å². The Hall–Kier alpha value is -2.79. The molecule has 36 heavy (non-hydrogen) atoms. The first-order valence-electron chi connectivity index (χ1n) is 11.9. The number of carbonyl (C=O) groups is 1. The normalized spacial score (nSPS) is 17.4. The second-order valence-electron chi connectivity index (χ2n) is 9.21. The Morgan fingerprint density at radius 2 is 1.83 bits per heavy atom. The SMILES string of the molecule is Cc1nc(C2=C(N)CN(C(=O)c3ccc(F)cc3OC3CCN(C(CO)CO)CC3)C2)nc(C)c1Cl. The molecule has 11 heteroatoms. The number of hydrogen-bond acceptors (Lipinski definition) is 8. The number of nitrogens with two attached hydrogens (primary N) is 1. The number of likely N-dealkylation sites (tertiary alicyclic amines) is 1. The van der Waals surface area contributed by atoms with Gasteiger partial charge in [0.05, 0.1) is 54.3 Å². The average Bonchev–Trinajstić information content (AvgIpc) is 3.25. The monoisotopic (exact) mass is 519 g/mol. The molecule has 0 radical (unpaired) electrons. The van der Waals surface area contributed by atoms with Crippen LogP contribution in [-0.2, 0) is 0 Å². The fourth-order valence-electron chi connectivity index (χ4n) is 4.61. The van der Waals surface area contributed by atoms with Crippen LogP contribution in [0, 0.1) is 19.7 Å². The van der Waals surface area contributed by atoms with Crippen LogP contribution in [0.4, 0.5) is 4.39 Å². The number of aliphatic hydroxyl groups is 2. The molecular weight excluding hydrogens is 489 g/mol. The lowest BCUT2D eigenvalue weighted by Crippen LogP contribution is -2.47. The number of rotatable bonds is 7. The van der Waals surface area contributed by atoms with E-state index in [4.69, 9.17) is 22.1 Å². The zero-order valence-electron chi connectivity index (χ0n) is 20.4. The zero-order valence-corrected chi connectivity index (χ0v) is 21.1. The Bertz CT molecular complexity index is 1140. The van der Waals surface area contributed by atoms with E-state index >= 15 is 0 Å². The number of benzene rings is 1. The van der Waals surface area contributed by atoms with Crippen molar-refractivity contribution in [3.05, 3.63) is 57.5 Å². The lowest BCUT2D eigenvalue weighted by molar-refractivity contribution is 0.0282. The number of nitrogens with zero attached hydrogens (tertiary/aromatic N) is 4. The number of amides is 1. The molecule has 0 atom stereocenters. The van der Waals surface area contributed by atoms with Crippen molar-refractivity contribution in [2.24, 2.45) is 5.73 Å². The maximum absolute atomic E-state index is 14.1. The van der Waals surface area contributed by atoms with Gasteiger partial charge in [0, 0.05) is 30.4 Å². The molecule has 3 heterocycles. The largest absolute Gasteiger partial charge is 0.489 e. The molecule has 1 saturated heterocycles. The quantitative estimate of drug-likeness (QED) is 0.506. The Balaban J connectivity index is 1.48. The summed E-state index contributed by atoms with van der Waals surface area (Å²) in [5, 5.41) is 19.3. The van der Waals surface area contributed by atoms with Crippen LogP contribution in [0.3, 0.4) is 0 Å². The summed E-state index contributed by atoms with van der Waals surface area (Å²) in [6.07, 6.45) is 1.02. The number of aryl methyl sites for hydroxylation is 2. The summed E-state index contributed by atoms with van der Waals surface area (Å²) in [5.74, 6) is -0.210. The lowest BCUT2D eigenvalue weighted by atomic mass is 10.1. The summed E-state index contributed by atoms with van der Waals surface area (Å²) in [6.45, 7) is 4.96. The zero-order chi connectivity index (χ0) is 26.0. The van der Waals surface area contributed by atoms with Crippen LogP contribution < -0.4 is 10.5 Å². The topological polar surface area (TPSA) is 125 Å². The van der Waals surface area contributed by atoms with Gasteiger partial charge in [-0.1, -0.05) is 11.6 Å². The maximum Gasteiger partial charge on any atom is 0.258 e. The third kappa shape index (κ3) is 5.46. The highest BCUT2D eigenvalue weighted by molar-refractivity contribution is 6.31. The maximum atomic E-state index is 14.1. The van der Waals surface area contributed by atoms with Gasteiger partial charge in [0.25, 0.3) is 5.91 Å². The molecule has 2 aliphatic rings. The van der Waals surface area contributed by atoms with Gasteiger partial charge < -0.3 is 25.6 Å². The van der Waals surface area contributed by atoms with Gasteiger partial charge in [-0.2, -0.15) is 0 Å². The molecule has 1 fully saturated rings. The number of piperidine rings is 1. The van der Waals surface area contributed by atoms with Crippen LogP contribution in [0.25, 0.3) is 5.57 Å². The molecule has 194 valence electrons. The third-order valence-corrected chi connectivity index (χ3v) is 7.27. The summed E-state index contributed by atoms with van der Waals surface area (Å²) < 4.78 is 20.2. The van der Waals surface area contributed by atoms with E-state index in [1.807, 2.05) is 4.90 Å².